The fourth-order valence-corrected chi connectivity index (χ4v) is 4.92. The zero-order valence-corrected chi connectivity index (χ0v) is 15.8. The monoisotopic (exact) mass is 379 g/mol. The number of imide groups is 1. The molecule has 5 rings (SSSR count). The number of piperidine rings is 2. The second-order valence-corrected chi connectivity index (χ2v) is 8.50. The highest BCUT2D eigenvalue weighted by atomic mass is 16.3. The van der Waals surface area contributed by atoms with Gasteiger partial charge in [0.25, 0.3) is 0 Å². The topological polar surface area (TPSA) is 91.3 Å². The Morgan fingerprint density at radius 3 is 2.79 bits per heavy atom. The van der Waals surface area contributed by atoms with Crippen molar-refractivity contribution >= 4 is 22.7 Å². The molecule has 3 aliphatic rings. The number of carbonyl (C=O) groups excluding carboxylic acids is 2. The Bertz CT molecular complexity index is 955. The Balaban J connectivity index is 1.51. The van der Waals surface area contributed by atoms with Crippen molar-refractivity contribution in [3.05, 3.63) is 41.6 Å². The van der Waals surface area contributed by atoms with Crippen molar-refractivity contribution in [2.45, 2.75) is 43.6 Å². The van der Waals surface area contributed by atoms with Gasteiger partial charge < -0.3 is 10.4 Å². The van der Waals surface area contributed by atoms with Gasteiger partial charge in [0.1, 0.15) is 0 Å². The molecular formula is C22H25N3O3. The van der Waals surface area contributed by atoms with Gasteiger partial charge in [-0.3, -0.25) is 19.9 Å². The molecule has 1 saturated carbocycles. The van der Waals surface area contributed by atoms with E-state index in [1.165, 1.54) is 12.8 Å². The van der Waals surface area contributed by atoms with Crippen molar-refractivity contribution in [1.82, 2.24) is 15.6 Å². The van der Waals surface area contributed by atoms with Gasteiger partial charge in [0.2, 0.25) is 11.8 Å². The van der Waals surface area contributed by atoms with Gasteiger partial charge in [0, 0.05) is 30.5 Å². The van der Waals surface area contributed by atoms with Gasteiger partial charge in [0.05, 0.1) is 17.0 Å². The van der Waals surface area contributed by atoms with Crippen LogP contribution in [-0.2, 0) is 15.2 Å². The van der Waals surface area contributed by atoms with Crippen LogP contribution in [0.25, 0.3) is 10.9 Å². The van der Waals surface area contributed by atoms with E-state index in [-0.39, 0.29) is 23.7 Å². The fraction of sp³-hybridized carbons (Fsp3) is 0.500. The first kappa shape index (κ1) is 17.8. The van der Waals surface area contributed by atoms with E-state index >= 15 is 0 Å². The largest absolute Gasteiger partial charge is 0.385 e. The maximum Gasteiger partial charge on any atom is 0.234 e. The highest BCUT2D eigenvalue weighted by Gasteiger charge is 2.47. The summed E-state index contributed by atoms with van der Waals surface area (Å²) in [5.74, 6) is 0.0294. The molecule has 1 aliphatic carbocycles. The lowest BCUT2D eigenvalue weighted by molar-refractivity contribution is -0.134. The van der Waals surface area contributed by atoms with Crippen molar-refractivity contribution in [1.29, 1.82) is 0 Å². The predicted octanol–water partition coefficient (Wildman–Crippen LogP) is 1.96. The fourth-order valence-electron chi connectivity index (χ4n) is 4.92. The van der Waals surface area contributed by atoms with Crippen LogP contribution >= 0.6 is 0 Å². The molecule has 146 valence electrons. The predicted molar refractivity (Wildman–Crippen MR) is 104 cm³/mol. The summed E-state index contributed by atoms with van der Waals surface area (Å²) in [7, 11) is 0. The number of aromatic nitrogens is 1. The highest BCUT2D eigenvalue weighted by molar-refractivity contribution is 6.01. The average molecular weight is 379 g/mol. The van der Waals surface area contributed by atoms with E-state index in [4.69, 9.17) is 0 Å². The lowest BCUT2D eigenvalue weighted by Gasteiger charge is -2.41. The molecular weight excluding hydrogens is 354 g/mol. The maximum absolute atomic E-state index is 12.2. The summed E-state index contributed by atoms with van der Waals surface area (Å²) in [5, 5.41) is 18.4. The van der Waals surface area contributed by atoms with Crippen LogP contribution in [0.5, 0.6) is 0 Å². The minimum atomic E-state index is -0.814. The standard InChI is InChI=1S/C22H25N3O3/c26-20-6-4-17(21(27)25-20)15-9-14-10-16(3-5-19(14)24-11-15)22(28)7-8-23-12-18(22)13-1-2-13/h3,5,9-11,13,17-18,23,28H,1-2,4,6-8,12H2,(H,25,26,27). The molecule has 2 saturated heterocycles. The zero-order valence-electron chi connectivity index (χ0n) is 15.8. The first-order chi connectivity index (χ1) is 13.5. The third-order valence-electron chi connectivity index (χ3n) is 6.70. The van der Waals surface area contributed by atoms with E-state index in [1.54, 1.807) is 6.20 Å². The van der Waals surface area contributed by atoms with E-state index in [1.807, 2.05) is 24.3 Å². The summed E-state index contributed by atoms with van der Waals surface area (Å²) in [6.07, 6.45) is 5.70. The van der Waals surface area contributed by atoms with Crippen LogP contribution in [0.15, 0.2) is 30.5 Å². The number of hydrogen-bond donors (Lipinski definition) is 3. The van der Waals surface area contributed by atoms with Crippen molar-refractivity contribution in [3.63, 3.8) is 0 Å². The molecule has 3 N–H and O–H groups in total. The third kappa shape index (κ3) is 3.01. The SMILES string of the molecule is O=C1CCC(c2cnc3ccc(C4(O)CCNCC4C4CC4)cc3c2)C(=O)N1. The molecule has 3 atom stereocenters. The van der Waals surface area contributed by atoms with Crippen LogP contribution in [0.3, 0.4) is 0 Å². The summed E-state index contributed by atoms with van der Waals surface area (Å²) in [5.41, 5.74) is 1.80. The molecule has 2 aromatic rings. The second kappa shape index (κ2) is 6.64. The van der Waals surface area contributed by atoms with Crippen molar-refractivity contribution in [2.75, 3.05) is 13.1 Å². The normalized spacial score (nSPS) is 31.0. The van der Waals surface area contributed by atoms with Crippen LogP contribution in [0.2, 0.25) is 0 Å². The first-order valence-corrected chi connectivity index (χ1v) is 10.2. The summed E-state index contributed by atoms with van der Waals surface area (Å²) < 4.78 is 0. The Morgan fingerprint density at radius 1 is 1.14 bits per heavy atom. The molecule has 2 aliphatic heterocycles. The lowest BCUT2D eigenvalue weighted by atomic mass is 9.74. The maximum atomic E-state index is 12.2. The van der Waals surface area contributed by atoms with Gasteiger partial charge in [-0.1, -0.05) is 6.07 Å². The average Bonchev–Trinajstić information content (AvgIpc) is 3.52. The minimum absolute atomic E-state index is 0.212. The molecule has 3 heterocycles. The molecule has 3 unspecified atom stereocenters. The van der Waals surface area contributed by atoms with Crippen LogP contribution in [0, 0.1) is 11.8 Å². The Hall–Kier alpha value is -2.31. The van der Waals surface area contributed by atoms with Crippen molar-refractivity contribution in [3.8, 4) is 0 Å². The number of rotatable bonds is 3. The number of fused-ring (bicyclic) bond motifs is 1. The van der Waals surface area contributed by atoms with Gasteiger partial charge in [-0.15, -0.1) is 0 Å². The number of benzene rings is 1. The number of pyridine rings is 1. The molecule has 28 heavy (non-hydrogen) atoms. The van der Waals surface area contributed by atoms with E-state index < -0.39 is 5.60 Å². The number of amides is 2. The van der Waals surface area contributed by atoms with E-state index in [0.29, 0.717) is 25.2 Å². The quantitative estimate of drug-likeness (QED) is 0.709. The summed E-state index contributed by atoms with van der Waals surface area (Å²) in [6.45, 7) is 1.67. The zero-order chi connectivity index (χ0) is 19.3. The van der Waals surface area contributed by atoms with Crippen molar-refractivity contribution in [2.24, 2.45) is 11.8 Å². The summed E-state index contributed by atoms with van der Waals surface area (Å²) in [4.78, 5) is 28.2. The molecule has 1 aromatic heterocycles. The molecule has 2 amide bonds. The Kier molecular flexibility index (Phi) is 4.21. The minimum Gasteiger partial charge on any atom is -0.385 e. The first-order valence-electron chi connectivity index (χ1n) is 10.2. The molecule has 6 nitrogen and oxygen atoms in total. The molecule has 0 radical (unpaired) electrons. The Morgan fingerprint density at radius 2 is 2.00 bits per heavy atom. The number of hydrogen-bond acceptors (Lipinski definition) is 5. The highest BCUT2D eigenvalue weighted by Crippen LogP contribution is 2.48. The van der Waals surface area contributed by atoms with Crippen LogP contribution < -0.4 is 10.6 Å². The smallest absolute Gasteiger partial charge is 0.234 e. The van der Waals surface area contributed by atoms with E-state index in [2.05, 4.69) is 15.6 Å². The van der Waals surface area contributed by atoms with Crippen LogP contribution in [0.4, 0.5) is 0 Å². The molecule has 0 bridgehead atoms. The summed E-state index contributed by atoms with van der Waals surface area (Å²) in [6, 6.07) is 7.99. The third-order valence-corrected chi connectivity index (χ3v) is 6.70. The van der Waals surface area contributed by atoms with Gasteiger partial charge in [-0.25, -0.2) is 0 Å². The van der Waals surface area contributed by atoms with E-state index in [9.17, 15) is 14.7 Å². The Labute approximate surface area is 163 Å². The molecule has 6 heteroatoms. The number of aliphatic hydroxyl groups is 1. The van der Waals surface area contributed by atoms with Gasteiger partial charge >= 0.3 is 0 Å². The molecule has 0 spiro atoms. The molecule has 1 aromatic carbocycles. The number of nitrogens with zero attached hydrogens (tertiary/aromatic N) is 1. The van der Waals surface area contributed by atoms with E-state index in [0.717, 1.165) is 35.1 Å². The summed E-state index contributed by atoms with van der Waals surface area (Å²) >= 11 is 0. The van der Waals surface area contributed by atoms with Crippen LogP contribution in [0.1, 0.15) is 49.1 Å². The lowest BCUT2D eigenvalue weighted by Crippen LogP contribution is -2.49. The van der Waals surface area contributed by atoms with Gasteiger partial charge in [-0.2, -0.15) is 0 Å². The second-order valence-electron chi connectivity index (χ2n) is 8.50. The van der Waals surface area contributed by atoms with Crippen LogP contribution in [-0.4, -0.2) is 35.0 Å². The van der Waals surface area contributed by atoms with Gasteiger partial charge in [0.15, 0.2) is 0 Å². The number of carbonyl (C=O) groups is 2. The van der Waals surface area contributed by atoms with Crippen molar-refractivity contribution < 1.29 is 14.7 Å². The molecule has 3 fully saturated rings. The van der Waals surface area contributed by atoms with Gasteiger partial charge in [-0.05, 0) is 67.5 Å². The number of nitrogens with one attached hydrogen (secondary N) is 2.